The minimum atomic E-state index is 0. The number of hydrogen-bond acceptors (Lipinski definition) is 4. The van der Waals surface area contributed by atoms with Gasteiger partial charge in [0.15, 0.2) is 0 Å². The minimum Gasteiger partial charge on any atom is -0.468 e. The highest BCUT2D eigenvalue weighted by Gasteiger charge is 2.23. The van der Waals surface area contributed by atoms with E-state index in [9.17, 15) is 0 Å². The monoisotopic (exact) mass is 189 g/mol. The summed E-state index contributed by atoms with van der Waals surface area (Å²) < 4.78 is 5.21. The zero-order valence-corrected chi connectivity index (χ0v) is 7.30. The first-order chi connectivity index (χ1) is 5.36. The molecule has 0 aliphatic carbocycles. The maximum absolute atomic E-state index is 5.62. The van der Waals surface area contributed by atoms with Gasteiger partial charge in [0.25, 0.3) is 0 Å². The SMILES string of the molecule is Cl.NC1CC(c2ccco2)NN1. The second-order valence-electron chi connectivity index (χ2n) is 2.70. The van der Waals surface area contributed by atoms with Gasteiger partial charge in [0.05, 0.1) is 18.5 Å². The molecule has 2 heterocycles. The fourth-order valence-corrected chi connectivity index (χ4v) is 1.26. The zero-order valence-electron chi connectivity index (χ0n) is 6.49. The largest absolute Gasteiger partial charge is 0.468 e. The second kappa shape index (κ2) is 3.91. The Morgan fingerprint density at radius 1 is 1.50 bits per heavy atom. The van der Waals surface area contributed by atoms with Gasteiger partial charge in [0, 0.05) is 6.42 Å². The van der Waals surface area contributed by atoms with E-state index >= 15 is 0 Å². The van der Waals surface area contributed by atoms with Crippen LogP contribution in [0.1, 0.15) is 18.2 Å². The van der Waals surface area contributed by atoms with Crippen molar-refractivity contribution in [2.45, 2.75) is 18.6 Å². The van der Waals surface area contributed by atoms with Crippen LogP contribution >= 0.6 is 12.4 Å². The van der Waals surface area contributed by atoms with Crippen molar-refractivity contribution in [3.63, 3.8) is 0 Å². The summed E-state index contributed by atoms with van der Waals surface area (Å²) in [6.45, 7) is 0. The lowest BCUT2D eigenvalue weighted by molar-refractivity contribution is 0.433. The topological polar surface area (TPSA) is 63.2 Å². The molecule has 0 spiro atoms. The Kier molecular flexibility index (Phi) is 3.11. The Hall–Kier alpha value is -0.550. The third kappa shape index (κ3) is 1.78. The average Bonchev–Trinajstić information content (AvgIpc) is 2.55. The van der Waals surface area contributed by atoms with Gasteiger partial charge >= 0.3 is 0 Å². The van der Waals surface area contributed by atoms with E-state index in [-0.39, 0.29) is 24.6 Å². The first kappa shape index (κ1) is 9.54. The van der Waals surface area contributed by atoms with E-state index in [2.05, 4.69) is 10.9 Å². The molecule has 2 unspecified atom stereocenters. The van der Waals surface area contributed by atoms with Gasteiger partial charge in [-0.15, -0.1) is 12.4 Å². The first-order valence-corrected chi connectivity index (χ1v) is 3.66. The number of furan rings is 1. The third-order valence-electron chi connectivity index (χ3n) is 1.82. The standard InChI is InChI=1S/C7H11N3O.ClH/c8-7-4-5(9-10-7)6-2-1-3-11-6;/h1-3,5,7,9-10H,4,8H2;1H. The van der Waals surface area contributed by atoms with Crippen LogP contribution in [0, 0.1) is 0 Å². The molecule has 0 aromatic carbocycles. The minimum absolute atomic E-state index is 0. The molecule has 12 heavy (non-hydrogen) atoms. The molecule has 4 nitrogen and oxygen atoms in total. The molecule has 5 heteroatoms. The van der Waals surface area contributed by atoms with Crippen LogP contribution in [0.4, 0.5) is 0 Å². The summed E-state index contributed by atoms with van der Waals surface area (Å²) in [6, 6.07) is 4.04. The van der Waals surface area contributed by atoms with Gasteiger partial charge in [-0.05, 0) is 12.1 Å². The van der Waals surface area contributed by atoms with E-state index in [0.717, 1.165) is 12.2 Å². The molecule has 1 aliphatic rings. The van der Waals surface area contributed by atoms with E-state index in [4.69, 9.17) is 10.2 Å². The van der Waals surface area contributed by atoms with Gasteiger partial charge in [-0.3, -0.25) is 0 Å². The van der Waals surface area contributed by atoms with Crippen LogP contribution in [0.15, 0.2) is 22.8 Å². The van der Waals surface area contributed by atoms with Gasteiger partial charge < -0.3 is 10.2 Å². The van der Waals surface area contributed by atoms with Crippen molar-refractivity contribution in [2.75, 3.05) is 0 Å². The lowest BCUT2D eigenvalue weighted by atomic mass is 10.2. The molecule has 0 radical (unpaired) electrons. The average molecular weight is 190 g/mol. The zero-order chi connectivity index (χ0) is 7.68. The van der Waals surface area contributed by atoms with Gasteiger partial charge in [-0.25, -0.2) is 10.9 Å². The van der Waals surface area contributed by atoms with E-state index in [1.54, 1.807) is 6.26 Å². The molecule has 0 bridgehead atoms. The van der Waals surface area contributed by atoms with Crippen LogP contribution in [0.25, 0.3) is 0 Å². The summed E-state index contributed by atoms with van der Waals surface area (Å²) in [7, 11) is 0. The number of hydrogen-bond donors (Lipinski definition) is 3. The van der Waals surface area contributed by atoms with Gasteiger partial charge in [-0.1, -0.05) is 0 Å². The Labute approximate surface area is 76.9 Å². The van der Waals surface area contributed by atoms with E-state index in [1.165, 1.54) is 0 Å². The second-order valence-corrected chi connectivity index (χ2v) is 2.70. The molecule has 1 fully saturated rings. The Bertz CT molecular complexity index is 227. The fraction of sp³-hybridized carbons (Fsp3) is 0.429. The normalized spacial score (nSPS) is 28.4. The molecule has 4 N–H and O–H groups in total. The molecule has 1 aliphatic heterocycles. The molecule has 0 amide bonds. The number of nitrogens with one attached hydrogen (secondary N) is 2. The van der Waals surface area contributed by atoms with Crippen molar-refractivity contribution in [3.05, 3.63) is 24.2 Å². The maximum Gasteiger partial charge on any atom is 0.122 e. The summed E-state index contributed by atoms with van der Waals surface area (Å²) >= 11 is 0. The van der Waals surface area contributed by atoms with Gasteiger partial charge in [0.1, 0.15) is 5.76 Å². The van der Waals surface area contributed by atoms with Crippen molar-refractivity contribution in [2.24, 2.45) is 5.73 Å². The van der Waals surface area contributed by atoms with E-state index < -0.39 is 0 Å². The van der Waals surface area contributed by atoms with Gasteiger partial charge in [0.2, 0.25) is 0 Å². The summed E-state index contributed by atoms with van der Waals surface area (Å²) in [5, 5.41) is 0. The summed E-state index contributed by atoms with van der Waals surface area (Å²) in [5.41, 5.74) is 11.6. The molecule has 1 aromatic heterocycles. The van der Waals surface area contributed by atoms with Crippen molar-refractivity contribution in [1.82, 2.24) is 10.9 Å². The number of rotatable bonds is 1. The highest BCUT2D eigenvalue weighted by Crippen LogP contribution is 2.20. The summed E-state index contributed by atoms with van der Waals surface area (Å²) in [5.74, 6) is 0.936. The molecular formula is C7H12ClN3O. The summed E-state index contributed by atoms with van der Waals surface area (Å²) in [6.07, 6.45) is 2.57. The van der Waals surface area contributed by atoms with Gasteiger partial charge in [-0.2, -0.15) is 0 Å². The Balaban J connectivity index is 0.000000720. The van der Waals surface area contributed by atoms with Crippen LogP contribution in [0.2, 0.25) is 0 Å². The Morgan fingerprint density at radius 3 is 2.83 bits per heavy atom. The summed E-state index contributed by atoms with van der Waals surface area (Å²) in [4.78, 5) is 0. The predicted molar refractivity (Wildman–Crippen MR) is 47.6 cm³/mol. The van der Waals surface area contributed by atoms with Crippen molar-refractivity contribution in [3.8, 4) is 0 Å². The quantitative estimate of drug-likeness (QED) is 0.603. The predicted octanol–water partition coefficient (Wildman–Crippen LogP) is 0.525. The first-order valence-electron chi connectivity index (χ1n) is 3.66. The highest BCUT2D eigenvalue weighted by molar-refractivity contribution is 5.85. The van der Waals surface area contributed by atoms with Crippen LogP contribution < -0.4 is 16.6 Å². The van der Waals surface area contributed by atoms with E-state index in [1.807, 2.05) is 12.1 Å². The molecule has 1 saturated heterocycles. The van der Waals surface area contributed by atoms with Crippen LogP contribution in [-0.4, -0.2) is 6.17 Å². The number of nitrogens with two attached hydrogens (primary N) is 1. The van der Waals surface area contributed by atoms with Crippen LogP contribution in [0.5, 0.6) is 0 Å². The van der Waals surface area contributed by atoms with Crippen molar-refractivity contribution in [1.29, 1.82) is 0 Å². The lowest BCUT2D eigenvalue weighted by Gasteiger charge is -2.02. The lowest BCUT2D eigenvalue weighted by Crippen LogP contribution is -2.36. The highest BCUT2D eigenvalue weighted by atomic mass is 35.5. The van der Waals surface area contributed by atoms with Crippen molar-refractivity contribution < 1.29 is 4.42 Å². The fourth-order valence-electron chi connectivity index (χ4n) is 1.26. The molecule has 1 aromatic rings. The van der Waals surface area contributed by atoms with E-state index in [0.29, 0.717) is 0 Å². The molecule has 0 saturated carbocycles. The molecular weight excluding hydrogens is 178 g/mol. The van der Waals surface area contributed by atoms with Crippen molar-refractivity contribution >= 4 is 12.4 Å². The smallest absolute Gasteiger partial charge is 0.122 e. The Morgan fingerprint density at radius 2 is 2.33 bits per heavy atom. The number of halogens is 1. The number of hydrazine groups is 1. The van der Waals surface area contributed by atoms with Crippen LogP contribution in [-0.2, 0) is 0 Å². The maximum atomic E-state index is 5.62. The molecule has 68 valence electrons. The molecule has 2 atom stereocenters. The van der Waals surface area contributed by atoms with Crippen LogP contribution in [0.3, 0.4) is 0 Å². The third-order valence-corrected chi connectivity index (χ3v) is 1.82. The molecule has 2 rings (SSSR count).